The molecule has 3 N–H and O–H groups in total. The molecule has 0 radical (unpaired) electrons. The van der Waals surface area contributed by atoms with E-state index in [0.717, 1.165) is 17.5 Å². The number of nitrogens with one attached hydrogen (secondary N) is 3. The molecule has 3 rings (SSSR count). The average molecular weight is 494 g/mol. The Morgan fingerprint density at radius 1 is 0.743 bits per heavy atom. The Balaban J connectivity index is 1.50. The fourth-order valence-electron chi connectivity index (χ4n) is 3.22. The number of carbonyl (C=O) groups is 3. The molecular formula is C26H27N3O5S. The lowest BCUT2D eigenvalue weighted by molar-refractivity contribution is -0.121. The Labute approximate surface area is 204 Å². The smallest absolute Gasteiger partial charge is 0.269 e. The second-order valence-electron chi connectivity index (χ2n) is 7.81. The molecule has 0 aliphatic carbocycles. The highest BCUT2D eigenvalue weighted by atomic mass is 32.2. The second kappa shape index (κ2) is 12.0. The van der Waals surface area contributed by atoms with Crippen molar-refractivity contribution >= 4 is 27.6 Å². The van der Waals surface area contributed by atoms with Gasteiger partial charge in [0.2, 0.25) is 15.9 Å². The molecule has 0 aromatic heterocycles. The quantitative estimate of drug-likeness (QED) is 0.296. The molecule has 0 heterocycles. The van der Waals surface area contributed by atoms with E-state index >= 15 is 0 Å². The Hall–Kier alpha value is -3.82. The lowest BCUT2D eigenvalue weighted by Gasteiger charge is -2.10. The molecule has 182 valence electrons. The number of carbonyl (C=O) groups excluding carboxylic acids is 3. The summed E-state index contributed by atoms with van der Waals surface area (Å²) >= 11 is 0. The van der Waals surface area contributed by atoms with Gasteiger partial charge in [-0.15, -0.1) is 0 Å². The normalized spacial score (nSPS) is 11.0. The van der Waals surface area contributed by atoms with Crippen LogP contribution in [-0.2, 0) is 27.8 Å². The molecule has 3 aromatic rings. The highest BCUT2D eigenvalue weighted by molar-refractivity contribution is 7.89. The molecule has 0 fully saturated rings. The van der Waals surface area contributed by atoms with E-state index in [1.54, 1.807) is 24.3 Å². The molecule has 0 aliphatic rings. The fraction of sp³-hybridized carbons (Fsp3) is 0.192. The number of Topliss-reactive ketones (excluding diaryl/α,β-unsaturated/α-hetero) is 1. The van der Waals surface area contributed by atoms with Crippen molar-refractivity contribution in [3.05, 3.63) is 101 Å². The molecule has 8 nitrogen and oxygen atoms in total. The van der Waals surface area contributed by atoms with Crippen LogP contribution in [0.3, 0.4) is 0 Å². The minimum Gasteiger partial charge on any atom is -0.294 e. The molecule has 0 bridgehead atoms. The molecule has 0 unspecified atom stereocenters. The molecule has 0 aliphatic heterocycles. The Bertz CT molecular complexity index is 1290. The Morgan fingerprint density at radius 2 is 1.46 bits per heavy atom. The summed E-state index contributed by atoms with van der Waals surface area (Å²) in [5.41, 5.74) is 7.00. The van der Waals surface area contributed by atoms with Gasteiger partial charge >= 0.3 is 0 Å². The van der Waals surface area contributed by atoms with E-state index in [4.69, 9.17) is 0 Å². The minimum atomic E-state index is -3.85. The van der Waals surface area contributed by atoms with E-state index in [1.165, 1.54) is 24.3 Å². The second-order valence-corrected chi connectivity index (χ2v) is 9.58. The third kappa shape index (κ3) is 7.59. The van der Waals surface area contributed by atoms with Crippen LogP contribution in [0.2, 0.25) is 0 Å². The van der Waals surface area contributed by atoms with Crippen LogP contribution in [-0.4, -0.2) is 26.0 Å². The van der Waals surface area contributed by atoms with Gasteiger partial charge in [-0.25, -0.2) is 13.1 Å². The number of rotatable bonds is 10. The first-order valence-corrected chi connectivity index (χ1v) is 12.6. The Morgan fingerprint density at radius 3 is 2.14 bits per heavy atom. The number of hydrogen-bond donors (Lipinski definition) is 3. The summed E-state index contributed by atoms with van der Waals surface area (Å²) in [7, 11) is -3.85. The summed E-state index contributed by atoms with van der Waals surface area (Å²) in [6.07, 6.45) is 0.760. The Kier molecular flexibility index (Phi) is 8.88. The molecule has 2 amide bonds. The van der Waals surface area contributed by atoms with Gasteiger partial charge < -0.3 is 0 Å². The van der Waals surface area contributed by atoms with Gasteiger partial charge in [0.15, 0.2) is 5.78 Å². The molecule has 35 heavy (non-hydrogen) atoms. The molecule has 0 spiro atoms. The van der Waals surface area contributed by atoms with Crippen molar-refractivity contribution in [2.75, 3.05) is 0 Å². The van der Waals surface area contributed by atoms with Crippen LogP contribution in [0.1, 0.15) is 51.6 Å². The predicted octanol–water partition coefficient (Wildman–Crippen LogP) is 3.15. The summed E-state index contributed by atoms with van der Waals surface area (Å²) in [5.74, 6) is -1.39. The maximum atomic E-state index is 12.6. The lowest BCUT2D eigenvalue weighted by atomic mass is 10.0. The van der Waals surface area contributed by atoms with Gasteiger partial charge in [-0.05, 0) is 35.7 Å². The van der Waals surface area contributed by atoms with Crippen molar-refractivity contribution in [2.24, 2.45) is 0 Å². The van der Waals surface area contributed by atoms with Gasteiger partial charge in [0, 0.05) is 30.5 Å². The maximum Gasteiger partial charge on any atom is 0.269 e. The number of benzene rings is 3. The van der Waals surface area contributed by atoms with Gasteiger partial charge in [-0.3, -0.25) is 25.2 Å². The van der Waals surface area contributed by atoms with Crippen LogP contribution in [0.4, 0.5) is 0 Å². The summed E-state index contributed by atoms with van der Waals surface area (Å²) < 4.78 is 27.7. The highest BCUT2D eigenvalue weighted by Gasteiger charge is 2.17. The van der Waals surface area contributed by atoms with E-state index in [9.17, 15) is 22.8 Å². The third-order valence-electron chi connectivity index (χ3n) is 5.29. The van der Waals surface area contributed by atoms with Crippen molar-refractivity contribution in [3.8, 4) is 0 Å². The summed E-state index contributed by atoms with van der Waals surface area (Å²) in [4.78, 5) is 36.7. The van der Waals surface area contributed by atoms with Crippen molar-refractivity contribution in [1.29, 1.82) is 0 Å². The largest absolute Gasteiger partial charge is 0.294 e. The van der Waals surface area contributed by atoms with Crippen LogP contribution >= 0.6 is 0 Å². The van der Waals surface area contributed by atoms with Crippen LogP contribution < -0.4 is 15.6 Å². The first-order chi connectivity index (χ1) is 16.8. The topological polar surface area (TPSA) is 121 Å². The first-order valence-electron chi connectivity index (χ1n) is 11.1. The molecule has 0 saturated carbocycles. The van der Waals surface area contributed by atoms with Crippen molar-refractivity contribution in [3.63, 3.8) is 0 Å². The summed E-state index contributed by atoms with van der Waals surface area (Å²) in [6, 6.07) is 21.7. The van der Waals surface area contributed by atoms with Crippen molar-refractivity contribution < 1.29 is 22.8 Å². The van der Waals surface area contributed by atoms with Gasteiger partial charge in [0.05, 0.1) is 4.90 Å². The molecule has 9 heteroatoms. The number of ketones is 1. The van der Waals surface area contributed by atoms with E-state index in [-0.39, 0.29) is 35.6 Å². The van der Waals surface area contributed by atoms with Gasteiger partial charge in [-0.1, -0.05) is 67.6 Å². The fourth-order valence-corrected chi connectivity index (χ4v) is 4.28. The average Bonchev–Trinajstić information content (AvgIpc) is 2.90. The molecule has 0 atom stereocenters. The van der Waals surface area contributed by atoms with Crippen molar-refractivity contribution in [1.82, 2.24) is 15.6 Å². The zero-order chi connectivity index (χ0) is 25.3. The van der Waals surface area contributed by atoms with Crippen LogP contribution in [0, 0.1) is 0 Å². The standard InChI is InChI=1S/C26H27N3O5S/c1-2-19-11-13-21(14-12-19)24(30)15-16-25(31)28-29-26(32)22-9-6-10-23(17-22)35(33,34)27-18-20-7-4-3-5-8-20/h3-14,17,27H,2,15-16,18H2,1H3,(H,28,31)(H,29,32). The number of aryl methyl sites for hydroxylation is 1. The van der Waals surface area contributed by atoms with Crippen LogP contribution in [0.5, 0.6) is 0 Å². The third-order valence-corrected chi connectivity index (χ3v) is 6.69. The van der Waals surface area contributed by atoms with Crippen LogP contribution in [0.15, 0.2) is 83.8 Å². The zero-order valence-corrected chi connectivity index (χ0v) is 20.1. The van der Waals surface area contributed by atoms with Gasteiger partial charge in [0.1, 0.15) is 0 Å². The maximum absolute atomic E-state index is 12.6. The number of amides is 2. The number of hydrazine groups is 1. The number of sulfonamides is 1. The first kappa shape index (κ1) is 25.8. The molecular weight excluding hydrogens is 466 g/mol. The van der Waals surface area contributed by atoms with Crippen molar-refractivity contribution in [2.45, 2.75) is 37.6 Å². The monoisotopic (exact) mass is 493 g/mol. The van der Waals surface area contributed by atoms with Gasteiger partial charge in [0.25, 0.3) is 5.91 Å². The molecule has 3 aromatic carbocycles. The lowest BCUT2D eigenvalue weighted by Crippen LogP contribution is -2.41. The van der Waals surface area contributed by atoms with E-state index in [0.29, 0.717) is 5.56 Å². The molecule has 0 saturated heterocycles. The predicted molar refractivity (Wildman–Crippen MR) is 132 cm³/mol. The van der Waals surface area contributed by atoms with E-state index in [1.807, 2.05) is 37.3 Å². The minimum absolute atomic E-state index is 0.00596. The van der Waals surface area contributed by atoms with E-state index < -0.39 is 21.8 Å². The summed E-state index contributed by atoms with van der Waals surface area (Å²) in [5, 5.41) is 0. The zero-order valence-electron chi connectivity index (χ0n) is 19.3. The summed E-state index contributed by atoms with van der Waals surface area (Å²) in [6.45, 7) is 2.13. The highest BCUT2D eigenvalue weighted by Crippen LogP contribution is 2.13. The SMILES string of the molecule is CCc1ccc(C(=O)CCC(=O)NNC(=O)c2cccc(S(=O)(=O)NCc3ccccc3)c2)cc1. The van der Waals surface area contributed by atoms with Gasteiger partial charge in [-0.2, -0.15) is 0 Å². The number of hydrogen-bond acceptors (Lipinski definition) is 5. The van der Waals surface area contributed by atoms with Crippen LogP contribution in [0.25, 0.3) is 0 Å². The van der Waals surface area contributed by atoms with E-state index in [2.05, 4.69) is 15.6 Å².